The lowest BCUT2D eigenvalue weighted by molar-refractivity contribution is 0.353. The van der Waals surface area contributed by atoms with Crippen LogP contribution in [-0.2, 0) is 6.54 Å². The van der Waals surface area contributed by atoms with Gasteiger partial charge in [-0.05, 0) is 50.3 Å². The van der Waals surface area contributed by atoms with Crippen molar-refractivity contribution in [1.29, 1.82) is 0 Å². The fraction of sp³-hybridized carbons (Fsp3) is 0.611. The standard InChI is InChI=1S/C18H31N3O2S/c1-13-9-15(22-6)16(23-7)10-14(13)11-21(5)17(19-4)20-12-18(2,3)24-8/h9-10H,11-12H2,1-8H3,(H,19,20). The molecule has 24 heavy (non-hydrogen) atoms. The lowest BCUT2D eigenvalue weighted by atomic mass is 10.1. The van der Waals surface area contributed by atoms with Crippen LogP contribution in [0.2, 0.25) is 0 Å². The monoisotopic (exact) mass is 353 g/mol. The van der Waals surface area contributed by atoms with Gasteiger partial charge < -0.3 is 19.7 Å². The van der Waals surface area contributed by atoms with E-state index >= 15 is 0 Å². The molecule has 0 radical (unpaired) electrons. The lowest BCUT2D eigenvalue weighted by Gasteiger charge is -2.28. The van der Waals surface area contributed by atoms with E-state index in [0.29, 0.717) is 0 Å². The van der Waals surface area contributed by atoms with Crippen LogP contribution >= 0.6 is 11.8 Å². The van der Waals surface area contributed by atoms with Crippen molar-refractivity contribution in [2.45, 2.75) is 32.1 Å². The van der Waals surface area contributed by atoms with Crippen molar-refractivity contribution in [2.24, 2.45) is 4.99 Å². The zero-order valence-corrected chi connectivity index (χ0v) is 17.0. The minimum Gasteiger partial charge on any atom is -0.493 e. The predicted octanol–water partition coefficient (Wildman–Crippen LogP) is 3.16. The van der Waals surface area contributed by atoms with Gasteiger partial charge in [0.15, 0.2) is 17.5 Å². The lowest BCUT2D eigenvalue weighted by Crippen LogP contribution is -2.43. The van der Waals surface area contributed by atoms with Gasteiger partial charge >= 0.3 is 0 Å². The molecule has 1 aromatic rings. The van der Waals surface area contributed by atoms with Crippen LogP contribution in [0, 0.1) is 6.92 Å². The molecule has 1 aromatic carbocycles. The highest BCUT2D eigenvalue weighted by Gasteiger charge is 2.18. The number of ether oxygens (including phenoxy) is 2. The summed E-state index contributed by atoms with van der Waals surface area (Å²) in [4.78, 5) is 6.51. The summed E-state index contributed by atoms with van der Waals surface area (Å²) in [6, 6.07) is 4.04. The largest absolute Gasteiger partial charge is 0.493 e. The van der Waals surface area contributed by atoms with Gasteiger partial charge in [-0.2, -0.15) is 11.8 Å². The van der Waals surface area contributed by atoms with Crippen LogP contribution in [0.1, 0.15) is 25.0 Å². The first-order chi connectivity index (χ1) is 11.3. The normalized spacial score (nSPS) is 12.1. The third-order valence-corrected chi connectivity index (χ3v) is 5.30. The Morgan fingerprint density at radius 3 is 2.33 bits per heavy atom. The molecule has 0 aliphatic rings. The number of nitrogens with zero attached hydrogens (tertiary/aromatic N) is 2. The molecule has 136 valence electrons. The molecule has 0 saturated carbocycles. The fourth-order valence-electron chi connectivity index (χ4n) is 2.27. The second-order valence-corrected chi connectivity index (χ2v) is 7.87. The maximum Gasteiger partial charge on any atom is 0.193 e. The van der Waals surface area contributed by atoms with Gasteiger partial charge in [-0.15, -0.1) is 0 Å². The van der Waals surface area contributed by atoms with Crippen LogP contribution in [0.4, 0.5) is 0 Å². The number of nitrogens with one attached hydrogen (secondary N) is 1. The molecule has 0 fully saturated rings. The van der Waals surface area contributed by atoms with E-state index in [2.05, 4.69) is 42.2 Å². The van der Waals surface area contributed by atoms with E-state index in [9.17, 15) is 0 Å². The molecule has 0 unspecified atom stereocenters. The minimum atomic E-state index is 0.163. The number of thioether (sulfide) groups is 1. The Morgan fingerprint density at radius 1 is 1.25 bits per heavy atom. The molecule has 1 rings (SSSR count). The number of hydrogen-bond acceptors (Lipinski definition) is 4. The molecule has 0 bridgehead atoms. The first-order valence-corrected chi connectivity index (χ1v) is 9.19. The Hall–Kier alpha value is -1.56. The highest BCUT2D eigenvalue weighted by Crippen LogP contribution is 2.30. The highest BCUT2D eigenvalue weighted by molar-refractivity contribution is 7.99. The second kappa shape index (κ2) is 9.06. The molecule has 5 nitrogen and oxygen atoms in total. The quantitative estimate of drug-likeness (QED) is 0.603. The number of methoxy groups -OCH3 is 2. The maximum atomic E-state index is 5.41. The van der Waals surface area contributed by atoms with E-state index in [0.717, 1.165) is 30.5 Å². The second-order valence-electron chi connectivity index (χ2n) is 6.35. The van der Waals surface area contributed by atoms with Gasteiger partial charge in [0.1, 0.15) is 0 Å². The first-order valence-electron chi connectivity index (χ1n) is 7.96. The Balaban J connectivity index is 2.87. The summed E-state index contributed by atoms with van der Waals surface area (Å²) < 4.78 is 10.9. The molecule has 0 aromatic heterocycles. The van der Waals surface area contributed by atoms with Crippen molar-refractivity contribution in [2.75, 3.05) is 41.1 Å². The summed E-state index contributed by atoms with van der Waals surface area (Å²) in [7, 11) is 7.16. The van der Waals surface area contributed by atoms with Crippen molar-refractivity contribution in [1.82, 2.24) is 10.2 Å². The topological polar surface area (TPSA) is 46.1 Å². The van der Waals surface area contributed by atoms with Crippen molar-refractivity contribution >= 4 is 17.7 Å². The Kier molecular flexibility index (Phi) is 7.73. The molecule has 6 heteroatoms. The van der Waals surface area contributed by atoms with E-state index < -0.39 is 0 Å². The summed E-state index contributed by atoms with van der Waals surface area (Å²) >= 11 is 1.84. The number of rotatable bonds is 7. The molecule has 0 aliphatic heterocycles. The zero-order valence-electron chi connectivity index (χ0n) is 16.2. The summed E-state index contributed by atoms with van der Waals surface area (Å²) in [6.45, 7) is 8.12. The SMILES string of the molecule is CN=C(NCC(C)(C)SC)N(C)Cc1cc(OC)c(OC)cc1C. The Morgan fingerprint density at radius 2 is 1.83 bits per heavy atom. The van der Waals surface area contributed by atoms with Gasteiger partial charge in [-0.1, -0.05) is 0 Å². The number of benzene rings is 1. The van der Waals surface area contributed by atoms with Gasteiger partial charge in [0.05, 0.1) is 14.2 Å². The van der Waals surface area contributed by atoms with Gasteiger partial charge in [0.25, 0.3) is 0 Å². The number of guanidine groups is 1. The molecule has 1 N–H and O–H groups in total. The van der Waals surface area contributed by atoms with Crippen molar-refractivity contribution in [3.05, 3.63) is 23.3 Å². The zero-order chi connectivity index (χ0) is 18.3. The molecule has 0 atom stereocenters. The van der Waals surface area contributed by atoms with Crippen LogP contribution in [0.5, 0.6) is 11.5 Å². The highest BCUT2D eigenvalue weighted by atomic mass is 32.2. The van der Waals surface area contributed by atoms with Crippen LogP contribution in [-0.4, -0.2) is 56.7 Å². The van der Waals surface area contributed by atoms with Gasteiger partial charge in [-0.3, -0.25) is 4.99 Å². The molecular formula is C18H31N3O2S. The maximum absolute atomic E-state index is 5.41. The van der Waals surface area contributed by atoms with Crippen LogP contribution in [0.3, 0.4) is 0 Å². The third kappa shape index (κ3) is 5.51. The average molecular weight is 354 g/mol. The fourth-order valence-corrected chi connectivity index (χ4v) is 2.49. The summed E-state index contributed by atoms with van der Waals surface area (Å²) in [6.07, 6.45) is 2.13. The number of aryl methyl sites for hydroxylation is 1. The van der Waals surface area contributed by atoms with Crippen molar-refractivity contribution in [3.63, 3.8) is 0 Å². The Labute approximate surface area is 150 Å². The molecule has 0 saturated heterocycles. The van der Waals surface area contributed by atoms with Gasteiger partial charge in [0.2, 0.25) is 0 Å². The van der Waals surface area contributed by atoms with E-state index in [1.54, 1.807) is 14.2 Å². The van der Waals surface area contributed by atoms with Gasteiger partial charge in [-0.25, -0.2) is 0 Å². The van der Waals surface area contributed by atoms with Gasteiger partial charge in [0, 0.05) is 31.9 Å². The smallest absolute Gasteiger partial charge is 0.193 e. The Bertz CT molecular complexity index is 574. The van der Waals surface area contributed by atoms with Crippen molar-refractivity contribution < 1.29 is 9.47 Å². The van der Waals surface area contributed by atoms with E-state index in [1.165, 1.54) is 11.1 Å². The first kappa shape index (κ1) is 20.5. The van der Waals surface area contributed by atoms with Crippen molar-refractivity contribution in [3.8, 4) is 11.5 Å². The van der Waals surface area contributed by atoms with E-state index in [1.807, 2.05) is 38.0 Å². The summed E-state index contributed by atoms with van der Waals surface area (Å²) in [5, 5.41) is 3.45. The molecule has 0 heterocycles. The predicted molar refractivity (Wildman–Crippen MR) is 105 cm³/mol. The van der Waals surface area contributed by atoms with E-state index in [4.69, 9.17) is 9.47 Å². The van der Waals surface area contributed by atoms with E-state index in [-0.39, 0.29) is 4.75 Å². The number of hydrogen-bond donors (Lipinski definition) is 1. The molecule has 0 aliphatic carbocycles. The average Bonchev–Trinajstić information content (AvgIpc) is 2.56. The summed E-state index contributed by atoms with van der Waals surface area (Å²) in [5.41, 5.74) is 2.35. The summed E-state index contributed by atoms with van der Waals surface area (Å²) in [5.74, 6) is 2.38. The van der Waals surface area contributed by atoms with Crippen LogP contribution in [0.15, 0.2) is 17.1 Å². The number of aliphatic imine (C=N–C) groups is 1. The van der Waals surface area contributed by atoms with Crippen LogP contribution < -0.4 is 14.8 Å². The third-order valence-electron chi connectivity index (χ3n) is 4.05. The minimum absolute atomic E-state index is 0.163. The molecule has 0 spiro atoms. The van der Waals surface area contributed by atoms with Crippen LogP contribution in [0.25, 0.3) is 0 Å². The molecule has 0 amide bonds. The molecular weight excluding hydrogens is 322 g/mol.